The Morgan fingerprint density at radius 2 is 1.81 bits per heavy atom. The summed E-state index contributed by atoms with van der Waals surface area (Å²) >= 11 is 6.09. The predicted molar refractivity (Wildman–Crippen MR) is 105 cm³/mol. The van der Waals surface area contributed by atoms with Gasteiger partial charge in [-0.1, -0.05) is 37.6 Å². The van der Waals surface area contributed by atoms with Crippen LogP contribution < -0.4 is 0 Å². The van der Waals surface area contributed by atoms with Gasteiger partial charge in [0.2, 0.25) is 5.91 Å². The molecule has 1 aliphatic heterocycles. The normalized spacial score (nSPS) is 16.6. The van der Waals surface area contributed by atoms with Crippen LogP contribution in [-0.2, 0) is 15.0 Å². The van der Waals surface area contributed by atoms with E-state index in [-0.39, 0.29) is 5.91 Å². The minimum atomic E-state index is -3.44. The van der Waals surface area contributed by atoms with Crippen molar-refractivity contribution in [3.05, 3.63) is 40.4 Å². The smallest absolute Gasteiger partial charge is 0.282 e. The molecule has 0 spiro atoms. The van der Waals surface area contributed by atoms with Crippen LogP contribution in [-0.4, -0.2) is 67.1 Å². The second kappa shape index (κ2) is 8.99. The Morgan fingerprint density at radius 3 is 2.35 bits per heavy atom. The molecule has 0 N–H and O–H groups in total. The van der Waals surface area contributed by atoms with E-state index < -0.39 is 10.2 Å². The Hall–Kier alpha value is -1.41. The fourth-order valence-corrected chi connectivity index (χ4v) is 4.63. The average molecular weight is 400 g/mol. The summed E-state index contributed by atoms with van der Waals surface area (Å²) in [5.74, 6) is -0.124. The van der Waals surface area contributed by atoms with Gasteiger partial charge in [-0.3, -0.25) is 4.79 Å². The zero-order valence-electron chi connectivity index (χ0n) is 15.5. The minimum Gasteiger partial charge on any atom is -0.337 e. The number of benzene rings is 1. The fourth-order valence-electron chi connectivity index (χ4n) is 2.84. The van der Waals surface area contributed by atoms with E-state index in [0.717, 1.165) is 11.1 Å². The van der Waals surface area contributed by atoms with Crippen molar-refractivity contribution in [2.45, 2.75) is 20.8 Å². The van der Waals surface area contributed by atoms with Gasteiger partial charge in [-0.15, -0.1) is 0 Å². The van der Waals surface area contributed by atoms with Crippen molar-refractivity contribution in [2.24, 2.45) is 0 Å². The quantitative estimate of drug-likeness (QED) is 0.690. The molecule has 0 unspecified atom stereocenters. The molecule has 26 heavy (non-hydrogen) atoms. The molecule has 8 heteroatoms. The van der Waals surface area contributed by atoms with Gasteiger partial charge >= 0.3 is 0 Å². The summed E-state index contributed by atoms with van der Waals surface area (Å²) in [7, 11) is -3.44. The summed E-state index contributed by atoms with van der Waals surface area (Å²) in [6, 6.07) is 5.62. The standard InChI is InChI=1S/C18H26ClN3O3S/c1-4-21(5-2)26(24,25)22-12-10-20(11-13-22)18(23)9-8-16-7-6-15(3)17(19)14-16/h6-9,14H,4-5,10-13H2,1-3H3/b9-8+. The summed E-state index contributed by atoms with van der Waals surface area (Å²) in [6.45, 7) is 7.86. The SMILES string of the molecule is CCN(CC)S(=O)(=O)N1CCN(C(=O)/C=C/c2ccc(C)c(Cl)c2)CC1. The van der Waals surface area contributed by atoms with E-state index in [2.05, 4.69) is 0 Å². The summed E-state index contributed by atoms with van der Waals surface area (Å²) < 4.78 is 27.9. The van der Waals surface area contributed by atoms with Gasteiger partial charge in [-0.05, 0) is 30.2 Å². The van der Waals surface area contributed by atoms with Crippen molar-refractivity contribution in [1.82, 2.24) is 13.5 Å². The lowest BCUT2D eigenvalue weighted by Crippen LogP contribution is -2.53. The highest BCUT2D eigenvalue weighted by Gasteiger charge is 2.31. The van der Waals surface area contributed by atoms with Crippen LogP contribution in [0.5, 0.6) is 0 Å². The Labute approximate surface area is 161 Å². The third-order valence-electron chi connectivity index (χ3n) is 4.52. The lowest BCUT2D eigenvalue weighted by atomic mass is 10.1. The second-order valence-corrected chi connectivity index (χ2v) is 8.49. The molecule has 6 nitrogen and oxygen atoms in total. The zero-order chi connectivity index (χ0) is 19.3. The molecule has 1 aromatic carbocycles. The van der Waals surface area contributed by atoms with E-state index in [9.17, 15) is 13.2 Å². The monoisotopic (exact) mass is 399 g/mol. The number of carbonyl (C=O) groups is 1. The molecule has 0 radical (unpaired) electrons. The van der Waals surface area contributed by atoms with Gasteiger partial charge in [-0.2, -0.15) is 17.0 Å². The number of rotatable bonds is 6. The summed E-state index contributed by atoms with van der Waals surface area (Å²) in [4.78, 5) is 14.0. The molecule has 0 aliphatic carbocycles. The molecule has 1 amide bonds. The topological polar surface area (TPSA) is 60.9 Å². The first-order valence-corrected chi connectivity index (χ1v) is 10.6. The molecule has 144 valence electrons. The number of halogens is 1. The number of piperazine rings is 1. The summed E-state index contributed by atoms with van der Waals surface area (Å²) in [5.41, 5.74) is 1.84. The number of amides is 1. The van der Waals surface area contributed by atoms with Gasteiger partial charge in [0.05, 0.1) is 0 Å². The molecule has 1 heterocycles. The van der Waals surface area contributed by atoms with Crippen molar-refractivity contribution < 1.29 is 13.2 Å². The highest BCUT2D eigenvalue weighted by Crippen LogP contribution is 2.18. The van der Waals surface area contributed by atoms with Crippen LogP contribution in [0, 0.1) is 6.92 Å². The molecule has 1 aromatic rings. The number of carbonyl (C=O) groups excluding carboxylic acids is 1. The van der Waals surface area contributed by atoms with Crippen LogP contribution in [0.3, 0.4) is 0 Å². The van der Waals surface area contributed by atoms with Gasteiger partial charge < -0.3 is 4.90 Å². The molecule has 0 saturated carbocycles. The highest BCUT2D eigenvalue weighted by molar-refractivity contribution is 7.86. The van der Waals surface area contributed by atoms with E-state index >= 15 is 0 Å². The maximum Gasteiger partial charge on any atom is 0.282 e. The molecular weight excluding hydrogens is 374 g/mol. The maximum atomic E-state index is 12.5. The predicted octanol–water partition coefficient (Wildman–Crippen LogP) is 2.39. The van der Waals surface area contributed by atoms with E-state index in [4.69, 9.17) is 11.6 Å². The van der Waals surface area contributed by atoms with Gasteiger partial charge in [0.1, 0.15) is 0 Å². The van der Waals surface area contributed by atoms with Crippen molar-refractivity contribution >= 4 is 33.8 Å². The van der Waals surface area contributed by atoms with Crippen LogP contribution in [0.25, 0.3) is 6.08 Å². The van der Waals surface area contributed by atoms with Crippen LogP contribution in [0.1, 0.15) is 25.0 Å². The average Bonchev–Trinajstić information content (AvgIpc) is 2.63. The van der Waals surface area contributed by atoms with E-state index in [1.807, 2.05) is 39.0 Å². The van der Waals surface area contributed by atoms with Gasteiger partial charge in [0, 0.05) is 50.4 Å². The lowest BCUT2D eigenvalue weighted by Gasteiger charge is -2.35. The van der Waals surface area contributed by atoms with Crippen molar-refractivity contribution in [3.63, 3.8) is 0 Å². The van der Waals surface area contributed by atoms with Crippen molar-refractivity contribution in [2.75, 3.05) is 39.3 Å². The van der Waals surface area contributed by atoms with E-state index in [0.29, 0.717) is 44.3 Å². The highest BCUT2D eigenvalue weighted by atomic mass is 35.5. The maximum absolute atomic E-state index is 12.5. The molecular formula is C18H26ClN3O3S. The van der Waals surface area contributed by atoms with E-state index in [1.54, 1.807) is 11.0 Å². The van der Waals surface area contributed by atoms with Crippen LogP contribution in [0.15, 0.2) is 24.3 Å². The molecule has 0 bridgehead atoms. The van der Waals surface area contributed by atoms with Crippen LogP contribution >= 0.6 is 11.6 Å². The number of hydrogen-bond acceptors (Lipinski definition) is 3. The molecule has 0 atom stereocenters. The third-order valence-corrected chi connectivity index (χ3v) is 7.12. The zero-order valence-corrected chi connectivity index (χ0v) is 17.1. The summed E-state index contributed by atoms with van der Waals surface area (Å²) in [6.07, 6.45) is 3.24. The Balaban J connectivity index is 1.95. The van der Waals surface area contributed by atoms with E-state index in [1.165, 1.54) is 14.7 Å². The number of aryl methyl sites for hydroxylation is 1. The van der Waals surface area contributed by atoms with Gasteiger partial charge in [0.25, 0.3) is 10.2 Å². The fraction of sp³-hybridized carbons (Fsp3) is 0.500. The third kappa shape index (κ3) is 4.85. The van der Waals surface area contributed by atoms with Gasteiger partial charge in [0.15, 0.2) is 0 Å². The van der Waals surface area contributed by atoms with Gasteiger partial charge in [-0.25, -0.2) is 0 Å². The number of nitrogens with zero attached hydrogens (tertiary/aromatic N) is 3. The van der Waals surface area contributed by atoms with Crippen LogP contribution in [0.4, 0.5) is 0 Å². The number of hydrogen-bond donors (Lipinski definition) is 0. The molecule has 1 saturated heterocycles. The van der Waals surface area contributed by atoms with Crippen molar-refractivity contribution in [1.29, 1.82) is 0 Å². The molecule has 1 fully saturated rings. The van der Waals surface area contributed by atoms with Crippen LogP contribution in [0.2, 0.25) is 5.02 Å². The summed E-state index contributed by atoms with van der Waals surface area (Å²) in [5, 5.41) is 0.662. The Bertz CT molecular complexity index is 768. The minimum absolute atomic E-state index is 0.124. The molecule has 2 rings (SSSR count). The molecule has 1 aliphatic rings. The lowest BCUT2D eigenvalue weighted by molar-refractivity contribution is -0.127. The largest absolute Gasteiger partial charge is 0.337 e. The first kappa shape index (κ1) is 20.9. The first-order valence-electron chi connectivity index (χ1n) is 8.78. The first-order chi connectivity index (χ1) is 12.3. The second-order valence-electron chi connectivity index (χ2n) is 6.16. The van der Waals surface area contributed by atoms with Crippen molar-refractivity contribution in [3.8, 4) is 0 Å². The Kier molecular flexibility index (Phi) is 7.23. The molecule has 0 aromatic heterocycles. The Morgan fingerprint density at radius 1 is 1.19 bits per heavy atom.